The molecule has 1 rings (SSSR count). The van der Waals surface area contributed by atoms with Gasteiger partial charge < -0.3 is 25.8 Å². The van der Waals surface area contributed by atoms with Crippen molar-refractivity contribution < 1.29 is 19.1 Å². The molecule has 0 aliphatic carbocycles. The Bertz CT molecular complexity index is 514. The van der Waals surface area contributed by atoms with Crippen molar-refractivity contribution in [2.24, 2.45) is 5.73 Å². The van der Waals surface area contributed by atoms with Gasteiger partial charge in [-0.3, -0.25) is 4.79 Å². The molecule has 0 spiro atoms. The first-order chi connectivity index (χ1) is 11.3. The van der Waals surface area contributed by atoms with E-state index >= 15 is 0 Å². The van der Waals surface area contributed by atoms with E-state index in [1.165, 1.54) is 0 Å². The fraction of sp³-hybridized carbons (Fsp3) is 0.529. The van der Waals surface area contributed by atoms with Crippen LogP contribution >= 0.6 is 0 Å². The first kappa shape index (κ1) is 19.9. The molecule has 0 fully saturated rings. The Morgan fingerprint density at radius 3 is 2.46 bits per heavy atom. The molecular formula is C17H27N3O4. The second kappa shape index (κ2) is 9.89. The van der Waals surface area contributed by atoms with Crippen molar-refractivity contribution in [1.82, 2.24) is 10.6 Å². The molecule has 0 aliphatic heterocycles. The maximum absolute atomic E-state index is 12.1. The number of nitrogens with one attached hydrogen (secondary N) is 2. The van der Waals surface area contributed by atoms with Gasteiger partial charge in [0.15, 0.2) is 0 Å². The zero-order valence-corrected chi connectivity index (χ0v) is 14.5. The van der Waals surface area contributed by atoms with Crippen LogP contribution < -0.4 is 16.4 Å². The van der Waals surface area contributed by atoms with E-state index in [0.29, 0.717) is 19.7 Å². The molecule has 7 heteroatoms. The number of carbonyl (C=O) groups is 2. The van der Waals surface area contributed by atoms with Crippen molar-refractivity contribution in [3.63, 3.8) is 0 Å². The van der Waals surface area contributed by atoms with E-state index in [-0.39, 0.29) is 12.5 Å². The van der Waals surface area contributed by atoms with Gasteiger partial charge in [0, 0.05) is 13.1 Å². The summed E-state index contributed by atoms with van der Waals surface area (Å²) in [5.41, 5.74) is 5.72. The number of rotatable bonds is 8. The molecule has 134 valence electrons. The fourth-order valence-electron chi connectivity index (χ4n) is 1.82. The molecular weight excluding hydrogens is 310 g/mol. The molecule has 4 N–H and O–H groups in total. The zero-order valence-electron chi connectivity index (χ0n) is 14.5. The van der Waals surface area contributed by atoms with Gasteiger partial charge in [-0.15, -0.1) is 0 Å². The zero-order chi connectivity index (χ0) is 18.0. The molecule has 0 unspecified atom stereocenters. The fourth-order valence-corrected chi connectivity index (χ4v) is 1.82. The van der Waals surface area contributed by atoms with E-state index in [1.807, 2.05) is 30.3 Å². The topological polar surface area (TPSA) is 103 Å². The number of benzene rings is 1. The summed E-state index contributed by atoms with van der Waals surface area (Å²) in [5.74, 6) is -0.362. The van der Waals surface area contributed by atoms with Gasteiger partial charge in [0.2, 0.25) is 5.91 Å². The lowest BCUT2D eigenvalue weighted by Crippen LogP contribution is -2.51. The Labute approximate surface area is 142 Å². The quantitative estimate of drug-likeness (QED) is 0.661. The minimum Gasteiger partial charge on any atom is -0.444 e. The Kier molecular flexibility index (Phi) is 8.21. The van der Waals surface area contributed by atoms with Crippen LogP contribution in [0.3, 0.4) is 0 Å². The van der Waals surface area contributed by atoms with Gasteiger partial charge in [-0.25, -0.2) is 4.79 Å². The van der Waals surface area contributed by atoms with E-state index in [4.69, 9.17) is 15.2 Å². The Morgan fingerprint density at radius 2 is 1.88 bits per heavy atom. The largest absolute Gasteiger partial charge is 0.444 e. The Balaban J connectivity index is 2.56. The maximum Gasteiger partial charge on any atom is 0.408 e. The molecule has 0 radical (unpaired) electrons. The van der Waals surface area contributed by atoms with Crippen LogP contribution in [0, 0.1) is 0 Å². The van der Waals surface area contributed by atoms with Gasteiger partial charge in [-0.2, -0.15) is 0 Å². The molecule has 1 aromatic rings. The number of ether oxygens (including phenoxy) is 2. The van der Waals surface area contributed by atoms with Crippen LogP contribution in [0.2, 0.25) is 0 Å². The van der Waals surface area contributed by atoms with Crippen LogP contribution in [-0.4, -0.2) is 43.3 Å². The molecule has 0 bridgehead atoms. The summed E-state index contributed by atoms with van der Waals surface area (Å²) in [6.45, 7) is 6.27. The van der Waals surface area contributed by atoms with Crippen LogP contribution in [0.1, 0.15) is 26.3 Å². The highest BCUT2D eigenvalue weighted by atomic mass is 16.6. The third-order valence-corrected chi connectivity index (χ3v) is 2.85. The summed E-state index contributed by atoms with van der Waals surface area (Å²) < 4.78 is 10.7. The average molecular weight is 337 g/mol. The lowest BCUT2D eigenvalue weighted by molar-refractivity contribution is -0.124. The van der Waals surface area contributed by atoms with Crippen molar-refractivity contribution >= 4 is 12.0 Å². The number of carbonyl (C=O) groups excluding carboxylic acids is 2. The summed E-state index contributed by atoms with van der Waals surface area (Å²) >= 11 is 0. The third kappa shape index (κ3) is 8.50. The molecule has 24 heavy (non-hydrogen) atoms. The van der Waals surface area contributed by atoms with E-state index in [9.17, 15) is 9.59 Å². The van der Waals surface area contributed by atoms with Gasteiger partial charge in [0.05, 0.1) is 13.2 Å². The highest BCUT2D eigenvalue weighted by Gasteiger charge is 2.24. The number of hydrogen-bond donors (Lipinski definition) is 3. The molecule has 0 saturated carbocycles. The predicted octanol–water partition coefficient (Wildman–Crippen LogP) is 1.17. The van der Waals surface area contributed by atoms with Crippen LogP contribution in [0.25, 0.3) is 0 Å². The van der Waals surface area contributed by atoms with Crippen LogP contribution in [0.5, 0.6) is 0 Å². The monoisotopic (exact) mass is 337 g/mol. The number of amides is 2. The molecule has 0 saturated heterocycles. The Hall–Kier alpha value is -2.12. The third-order valence-electron chi connectivity index (χ3n) is 2.85. The van der Waals surface area contributed by atoms with E-state index in [0.717, 1.165) is 5.56 Å². The van der Waals surface area contributed by atoms with Crippen molar-refractivity contribution in [1.29, 1.82) is 0 Å². The van der Waals surface area contributed by atoms with Gasteiger partial charge in [-0.05, 0) is 26.3 Å². The smallest absolute Gasteiger partial charge is 0.408 e. The van der Waals surface area contributed by atoms with E-state index in [2.05, 4.69) is 10.6 Å². The molecule has 0 aliphatic rings. The normalized spacial score (nSPS) is 12.3. The highest BCUT2D eigenvalue weighted by molar-refractivity contribution is 5.85. The second-order valence-corrected chi connectivity index (χ2v) is 6.28. The van der Waals surface area contributed by atoms with E-state index < -0.39 is 17.7 Å². The minimum absolute atomic E-state index is 0.0323. The number of hydrogen-bond acceptors (Lipinski definition) is 5. The first-order valence-electron chi connectivity index (χ1n) is 7.91. The predicted molar refractivity (Wildman–Crippen MR) is 91.3 cm³/mol. The summed E-state index contributed by atoms with van der Waals surface area (Å²) in [6, 6.07) is 8.72. The Morgan fingerprint density at radius 1 is 1.21 bits per heavy atom. The van der Waals surface area contributed by atoms with Gasteiger partial charge in [0.1, 0.15) is 11.6 Å². The van der Waals surface area contributed by atoms with Gasteiger partial charge >= 0.3 is 6.09 Å². The molecule has 7 nitrogen and oxygen atoms in total. The molecule has 0 aromatic heterocycles. The van der Waals surface area contributed by atoms with Gasteiger partial charge in [0.25, 0.3) is 0 Å². The SMILES string of the molecule is CC(C)(C)OC(=O)N[C@H](COCc1ccccc1)C(=O)NCCN. The van der Waals surface area contributed by atoms with Crippen LogP contribution in [-0.2, 0) is 20.9 Å². The van der Waals surface area contributed by atoms with Crippen LogP contribution in [0.15, 0.2) is 30.3 Å². The number of alkyl carbamates (subject to hydrolysis) is 1. The summed E-state index contributed by atoms with van der Waals surface area (Å²) in [7, 11) is 0. The van der Waals surface area contributed by atoms with Crippen molar-refractivity contribution in [3.05, 3.63) is 35.9 Å². The second-order valence-electron chi connectivity index (χ2n) is 6.28. The average Bonchev–Trinajstić information content (AvgIpc) is 2.51. The standard InChI is InChI=1S/C17H27N3O4/c1-17(2,3)24-16(22)20-14(15(21)19-10-9-18)12-23-11-13-7-5-4-6-8-13/h4-8,14H,9-12,18H2,1-3H3,(H,19,21)(H,20,22)/t14-/m1/s1. The van der Waals surface area contributed by atoms with E-state index in [1.54, 1.807) is 20.8 Å². The molecule has 2 amide bonds. The van der Waals surface area contributed by atoms with Gasteiger partial charge in [-0.1, -0.05) is 30.3 Å². The first-order valence-corrected chi connectivity index (χ1v) is 7.91. The molecule has 1 aromatic carbocycles. The summed E-state index contributed by atoms with van der Waals surface area (Å²) in [4.78, 5) is 24.0. The maximum atomic E-state index is 12.1. The summed E-state index contributed by atoms with van der Waals surface area (Å²) in [5, 5.41) is 5.16. The lowest BCUT2D eigenvalue weighted by Gasteiger charge is -2.23. The number of nitrogens with two attached hydrogens (primary N) is 1. The van der Waals surface area contributed by atoms with Crippen molar-refractivity contribution in [2.75, 3.05) is 19.7 Å². The van der Waals surface area contributed by atoms with Crippen molar-refractivity contribution in [2.45, 2.75) is 39.0 Å². The van der Waals surface area contributed by atoms with Crippen molar-refractivity contribution in [3.8, 4) is 0 Å². The minimum atomic E-state index is -0.852. The lowest BCUT2D eigenvalue weighted by atomic mass is 10.2. The summed E-state index contributed by atoms with van der Waals surface area (Å²) in [6.07, 6.45) is -0.668. The molecule has 1 atom stereocenters. The highest BCUT2D eigenvalue weighted by Crippen LogP contribution is 2.07. The molecule has 0 heterocycles. The van der Waals surface area contributed by atoms with Crippen LogP contribution in [0.4, 0.5) is 4.79 Å².